The molecule has 1 aromatic carbocycles. The van der Waals surface area contributed by atoms with E-state index < -0.39 is 12.3 Å². The Labute approximate surface area is 87.5 Å². The first-order chi connectivity index (χ1) is 6.91. The maximum absolute atomic E-state index is 12.2. The molecule has 0 bridgehead atoms. The van der Waals surface area contributed by atoms with Crippen LogP contribution >= 0.6 is 0 Å². The van der Waals surface area contributed by atoms with Gasteiger partial charge in [-0.25, -0.2) is 0 Å². The number of alkyl halides is 2. The molecular formula is C11H13F2NO. The van der Waals surface area contributed by atoms with Crippen LogP contribution in [0.5, 0.6) is 0 Å². The standard InChI is InChI=1S/C11H13F2NO/c1-7-4-8(2)6-9(5-7)14(3)11(15)10(12)13/h4-6,10H,1-3H3. The number of hydrogen-bond donors (Lipinski definition) is 0. The molecule has 0 aliphatic rings. The van der Waals surface area contributed by atoms with Gasteiger partial charge in [-0.2, -0.15) is 8.78 Å². The van der Waals surface area contributed by atoms with Gasteiger partial charge in [0.2, 0.25) is 0 Å². The fraction of sp³-hybridized carbons (Fsp3) is 0.364. The molecule has 0 atom stereocenters. The van der Waals surface area contributed by atoms with Crippen molar-refractivity contribution in [1.82, 2.24) is 0 Å². The third-order valence-electron chi connectivity index (χ3n) is 2.11. The van der Waals surface area contributed by atoms with Gasteiger partial charge >= 0.3 is 6.43 Å². The highest BCUT2D eigenvalue weighted by Gasteiger charge is 2.21. The number of carbonyl (C=O) groups is 1. The number of carbonyl (C=O) groups excluding carboxylic acids is 1. The van der Waals surface area contributed by atoms with E-state index in [2.05, 4.69) is 0 Å². The number of benzene rings is 1. The van der Waals surface area contributed by atoms with Crippen LogP contribution in [0.3, 0.4) is 0 Å². The lowest BCUT2D eigenvalue weighted by Crippen LogP contribution is -2.31. The highest BCUT2D eigenvalue weighted by atomic mass is 19.3. The molecule has 15 heavy (non-hydrogen) atoms. The Bertz CT molecular complexity index is 357. The van der Waals surface area contributed by atoms with Gasteiger partial charge < -0.3 is 4.90 Å². The van der Waals surface area contributed by atoms with Gasteiger partial charge in [0.1, 0.15) is 0 Å². The molecule has 0 spiro atoms. The molecule has 0 saturated heterocycles. The van der Waals surface area contributed by atoms with Gasteiger partial charge in [0.25, 0.3) is 5.91 Å². The molecule has 0 fully saturated rings. The van der Waals surface area contributed by atoms with Gasteiger partial charge in [-0.15, -0.1) is 0 Å². The van der Waals surface area contributed by atoms with Crippen LogP contribution in [0.25, 0.3) is 0 Å². The van der Waals surface area contributed by atoms with Crippen LogP contribution in [0.15, 0.2) is 18.2 Å². The number of rotatable bonds is 2. The molecule has 4 heteroatoms. The minimum absolute atomic E-state index is 0.498. The molecule has 0 saturated carbocycles. The summed E-state index contributed by atoms with van der Waals surface area (Å²) < 4.78 is 24.3. The van der Waals surface area contributed by atoms with E-state index >= 15 is 0 Å². The van der Waals surface area contributed by atoms with Gasteiger partial charge in [-0.05, 0) is 37.1 Å². The summed E-state index contributed by atoms with van der Waals surface area (Å²) >= 11 is 0. The normalized spacial score (nSPS) is 10.5. The van der Waals surface area contributed by atoms with Crippen molar-refractivity contribution in [3.8, 4) is 0 Å². The van der Waals surface area contributed by atoms with Crippen molar-refractivity contribution < 1.29 is 13.6 Å². The molecular weight excluding hydrogens is 200 g/mol. The Morgan fingerprint density at radius 2 is 1.67 bits per heavy atom. The van der Waals surface area contributed by atoms with Gasteiger partial charge in [0.15, 0.2) is 0 Å². The minimum Gasteiger partial charge on any atom is -0.311 e. The first-order valence-electron chi connectivity index (χ1n) is 4.56. The Kier molecular flexibility index (Phi) is 3.39. The van der Waals surface area contributed by atoms with Gasteiger partial charge in [0.05, 0.1) is 0 Å². The van der Waals surface area contributed by atoms with Crippen LogP contribution in [0.4, 0.5) is 14.5 Å². The maximum Gasteiger partial charge on any atom is 0.316 e. The first-order valence-corrected chi connectivity index (χ1v) is 4.56. The zero-order valence-electron chi connectivity index (χ0n) is 8.92. The molecule has 82 valence electrons. The average Bonchev–Trinajstić information content (AvgIpc) is 2.13. The lowest BCUT2D eigenvalue weighted by atomic mass is 10.1. The van der Waals surface area contributed by atoms with Crippen LogP contribution in [0.1, 0.15) is 11.1 Å². The van der Waals surface area contributed by atoms with Crippen LogP contribution in [0.2, 0.25) is 0 Å². The van der Waals surface area contributed by atoms with E-state index in [0.29, 0.717) is 5.69 Å². The van der Waals surface area contributed by atoms with Crippen LogP contribution in [-0.2, 0) is 4.79 Å². The second kappa shape index (κ2) is 4.38. The minimum atomic E-state index is -2.96. The van der Waals surface area contributed by atoms with Crippen molar-refractivity contribution in [3.05, 3.63) is 29.3 Å². The fourth-order valence-electron chi connectivity index (χ4n) is 1.42. The first kappa shape index (κ1) is 11.6. The molecule has 0 aliphatic carbocycles. The summed E-state index contributed by atoms with van der Waals surface area (Å²) in [4.78, 5) is 12.0. The molecule has 0 aromatic heterocycles. The predicted molar refractivity (Wildman–Crippen MR) is 55.3 cm³/mol. The number of halogens is 2. The number of nitrogens with zero attached hydrogens (tertiary/aromatic N) is 1. The van der Waals surface area contributed by atoms with E-state index in [0.717, 1.165) is 16.0 Å². The highest BCUT2D eigenvalue weighted by Crippen LogP contribution is 2.18. The van der Waals surface area contributed by atoms with Gasteiger partial charge in [0, 0.05) is 12.7 Å². The maximum atomic E-state index is 12.2. The topological polar surface area (TPSA) is 20.3 Å². The summed E-state index contributed by atoms with van der Waals surface area (Å²) in [7, 11) is 1.35. The molecule has 2 nitrogen and oxygen atoms in total. The lowest BCUT2D eigenvalue weighted by molar-refractivity contribution is -0.128. The molecule has 1 rings (SSSR count). The van der Waals surface area contributed by atoms with E-state index in [1.165, 1.54) is 7.05 Å². The monoisotopic (exact) mass is 213 g/mol. The molecule has 0 heterocycles. The quantitative estimate of drug-likeness (QED) is 0.739. The van der Waals surface area contributed by atoms with Crippen molar-refractivity contribution in [2.75, 3.05) is 11.9 Å². The van der Waals surface area contributed by atoms with E-state index in [1.54, 1.807) is 12.1 Å². The van der Waals surface area contributed by atoms with Crippen LogP contribution in [-0.4, -0.2) is 19.4 Å². The van der Waals surface area contributed by atoms with Crippen LogP contribution in [0, 0.1) is 13.8 Å². The Hall–Kier alpha value is -1.45. The van der Waals surface area contributed by atoms with Crippen LogP contribution < -0.4 is 4.90 Å². The molecule has 0 aliphatic heterocycles. The SMILES string of the molecule is Cc1cc(C)cc(N(C)C(=O)C(F)F)c1. The fourth-order valence-corrected chi connectivity index (χ4v) is 1.42. The Balaban J connectivity index is 3.00. The van der Waals surface area contributed by atoms with Gasteiger partial charge in [-0.1, -0.05) is 6.07 Å². The average molecular weight is 213 g/mol. The third-order valence-corrected chi connectivity index (χ3v) is 2.11. The van der Waals surface area contributed by atoms with E-state index in [4.69, 9.17) is 0 Å². The largest absolute Gasteiger partial charge is 0.316 e. The van der Waals surface area contributed by atoms with Crippen molar-refractivity contribution in [1.29, 1.82) is 0 Å². The summed E-state index contributed by atoms with van der Waals surface area (Å²) in [6.07, 6.45) is -2.96. The summed E-state index contributed by atoms with van der Waals surface area (Å²) in [5, 5.41) is 0. The number of hydrogen-bond acceptors (Lipinski definition) is 1. The number of amides is 1. The number of aryl methyl sites for hydroxylation is 2. The zero-order chi connectivity index (χ0) is 11.6. The molecule has 1 amide bonds. The molecule has 1 aromatic rings. The number of anilines is 1. The lowest BCUT2D eigenvalue weighted by Gasteiger charge is -2.17. The highest BCUT2D eigenvalue weighted by molar-refractivity contribution is 5.95. The summed E-state index contributed by atoms with van der Waals surface area (Å²) in [5.41, 5.74) is 2.38. The smallest absolute Gasteiger partial charge is 0.311 e. The Morgan fingerprint density at radius 3 is 2.07 bits per heavy atom. The van der Waals surface area contributed by atoms with Crippen molar-refractivity contribution in [2.45, 2.75) is 20.3 Å². The van der Waals surface area contributed by atoms with Crippen molar-refractivity contribution in [3.63, 3.8) is 0 Å². The van der Waals surface area contributed by atoms with Gasteiger partial charge in [-0.3, -0.25) is 4.79 Å². The zero-order valence-corrected chi connectivity index (χ0v) is 8.92. The molecule has 0 unspecified atom stereocenters. The predicted octanol–water partition coefficient (Wildman–Crippen LogP) is 2.53. The van der Waals surface area contributed by atoms with E-state index in [9.17, 15) is 13.6 Å². The van der Waals surface area contributed by atoms with Crippen molar-refractivity contribution >= 4 is 11.6 Å². The molecule has 0 N–H and O–H groups in total. The summed E-state index contributed by atoms with van der Waals surface area (Å²) in [6.45, 7) is 3.72. The second-order valence-electron chi connectivity index (χ2n) is 3.54. The van der Waals surface area contributed by atoms with E-state index in [1.807, 2.05) is 19.9 Å². The second-order valence-corrected chi connectivity index (χ2v) is 3.54. The van der Waals surface area contributed by atoms with Crippen molar-refractivity contribution in [2.24, 2.45) is 0 Å². The summed E-state index contributed by atoms with van der Waals surface area (Å²) in [5.74, 6) is -1.18. The Morgan fingerprint density at radius 1 is 1.20 bits per heavy atom. The van der Waals surface area contributed by atoms with E-state index in [-0.39, 0.29) is 0 Å². The molecule has 0 radical (unpaired) electrons. The third kappa shape index (κ3) is 2.75. The summed E-state index contributed by atoms with van der Waals surface area (Å²) in [6, 6.07) is 5.32.